The molecule has 1 aliphatic heterocycles. The zero-order valence-corrected chi connectivity index (χ0v) is 10.2. The second-order valence-electron chi connectivity index (χ2n) is 4.15. The van der Waals surface area contributed by atoms with Crippen LogP contribution in [0.1, 0.15) is 26.2 Å². The van der Waals surface area contributed by atoms with Crippen LogP contribution < -0.4 is 14.8 Å². The number of ether oxygens (including phenoxy) is 2. The predicted molar refractivity (Wildman–Crippen MR) is 64.3 cm³/mol. The maximum atomic E-state index is 5.62. The molecule has 0 aliphatic carbocycles. The van der Waals surface area contributed by atoms with Crippen molar-refractivity contribution in [1.29, 1.82) is 0 Å². The Hall–Kier alpha value is -1.36. The van der Waals surface area contributed by atoms with Crippen LogP contribution in [0.5, 0.6) is 11.8 Å². The van der Waals surface area contributed by atoms with Crippen LogP contribution in [0.2, 0.25) is 0 Å². The zero-order valence-electron chi connectivity index (χ0n) is 10.2. The molecule has 1 aliphatic rings. The highest BCUT2D eigenvalue weighted by atomic mass is 16.5. The molecule has 1 unspecified atom stereocenters. The van der Waals surface area contributed by atoms with E-state index < -0.39 is 0 Å². The van der Waals surface area contributed by atoms with Gasteiger partial charge in [-0.25, -0.2) is 9.97 Å². The average molecular weight is 237 g/mol. The lowest BCUT2D eigenvalue weighted by Gasteiger charge is -2.11. The second-order valence-corrected chi connectivity index (χ2v) is 4.15. The van der Waals surface area contributed by atoms with Gasteiger partial charge in [-0.3, -0.25) is 0 Å². The van der Waals surface area contributed by atoms with Crippen molar-refractivity contribution >= 4 is 0 Å². The Morgan fingerprint density at radius 1 is 1.35 bits per heavy atom. The topological polar surface area (TPSA) is 56.3 Å². The SMILES string of the molecule is CCCOc1cc(OCC2CCCN2)ncn1. The van der Waals surface area contributed by atoms with Gasteiger partial charge in [0.25, 0.3) is 0 Å². The minimum Gasteiger partial charge on any atom is -0.478 e. The molecule has 0 bridgehead atoms. The van der Waals surface area contributed by atoms with E-state index in [4.69, 9.17) is 9.47 Å². The lowest BCUT2D eigenvalue weighted by atomic mass is 10.2. The largest absolute Gasteiger partial charge is 0.478 e. The predicted octanol–water partition coefficient (Wildman–Crippen LogP) is 1.40. The Kier molecular flexibility index (Phi) is 4.55. The molecule has 0 radical (unpaired) electrons. The van der Waals surface area contributed by atoms with Crippen LogP contribution in [0, 0.1) is 0 Å². The number of rotatable bonds is 6. The Bertz CT molecular complexity index is 340. The van der Waals surface area contributed by atoms with Crippen LogP contribution >= 0.6 is 0 Å². The van der Waals surface area contributed by atoms with Crippen LogP contribution in [0.4, 0.5) is 0 Å². The van der Waals surface area contributed by atoms with E-state index in [-0.39, 0.29) is 0 Å². The number of hydrogen-bond donors (Lipinski definition) is 1. The number of nitrogens with one attached hydrogen (secondary N) is 1. The first-order valence-corrected chi connectivity index (χ1v) is 6.19. The maximum Gasteiger partial charge on any atom is 0.220 e. The highest BCUT2D eigenvalue weighted by molar-refractivity contribution is 5.18. The van der Waals surface area contributed by atoms with Gasteiger partial charge in [-0.05, 0) is 25.8 Å². The third-order valence-electron chi connectivity index (χ3n) is 2.67. The van der Waals surface area contributed by atoms with Crippen molar-refractivity contribution in [2.75, 3.05) is 19.8 Å². The summed E-state index contributed by atoms with van der Waals surface area (Å²) >= 11 is 0. The molecule has 0 amide bonds. The van der Waals surface area contributed by atoms with E-state index >= 15 is 0 Å². The van der Waals surface area contributed by atoms with Crippen molar-refractivity contribution in [3.63, 3.8) is 0 Å². The summed E-state index contributed by atoms with van der Waals surface area (Å²) in [5, 5.41) is 3.38. The van der Waals surface area contributed by atoms with Crippen LogP contribution in [0.3, 0.4) is 0 Å². The van der Waals surface area contributed by atoms with Crippen molar-refractivity contribution in [2.45, 2.75) is 32.2 Å². The minimum atomic E-state index is 0.449. The van der Waals surface area contributed by atoms with Gasteiger partial charge in [-0.15, -0.1) is 0 Å². The fourth-order valence-electron chi connectivity index (χ4n) is 1.77. The Morgan fingerprint density at radius 3 is 2.88 bits per heavy atom. The van der Waals surface area contributed by atoms with Gasteiger partial charge in [-0.1, -0.05) is 6.92 Å². The van der Waals surface area contributed by atoms with Gasteiger partial charge in [0.15, 0.2) is 0 Å². The minimum absolute atomic E-state index is 0.449. The summed E-state index contributed by atoms with van der Waals surface area (Å²) in [6, 6.07) is 2.19. The molecule has 1 saturated heterocycles. The van der Waals surface area contributed by atoms with E-state index in [9.17, 15) is 0 Å². The second kappa shape index (κ2) is 6.39. The molecular weight excluding hydrogens is 218 g/mol. The maximum absolute atomic E-state index is 5.62. The van der Waals surface area contributed by atoms with E-state index in [0.29, 0.717) is 31.0 Å². The first kappa shape index (κ1) is 12.1. The summed E-state index contributed by atoms with van der Waals surface area (Å²) in [7, 11) is 0. The highest BCUT2D eigenvalue weighted by Crippen LogP contribution is 2.14. The molecule has 0 spiro atoms. The van der Waals surface area contributed by atoms with Gasteiger partial charge in [0.05, 0.1) is 12.7 Å². The molecule has 94 valence electrons. The van der Waals surface area contributed by atoms with Gasteiger partial charge < -0.3 is 14.8 Å². The Balaban J connectivity index is 1.82. The molecule has 2 rings (SSSR count). The number of aromatic nitrogens is 2. The van der Waals surface area contributed by atoms with Crippen molar-refractivity contribution in [3.05, 3.63) is 12.4 Å². The summed E-state index contributed by atoms with van der Waals surface area (Å²) in [6.07, 6.45) is 4.83. The van der Waals surface area contributed by atoms with E-state index in [2.05, 4.69) is 22.2 Å². The lowest BCUT2D eigenvalue weighted by molar-refractivity contribution is 0.260. The van der Waals surface area contributed by atoms with E-state index in [1.165, 1.54) is 19.2 Å². The average Bonchev–Trinajstić information content (AvgIpc) is 2.87. The van der Waals surface area contributed by atoms with Crippen LogP contribution in [0.15, 0.2) is 12.4 Å². The van der Waals surface area contributed by atoms with Crippen LogP contribution in [-0.4, -0.2) is 35.8 Å². The van der Waals surface area contributed by atoms with Gasteiger partial charge in [0.1, 0.15) is 12.9 Å². The number of hydrogen-bond acceptors (Lipinski definition) is 5. The first-order valence-electron chi connectivity index (χ1n) is 6.19. The molecule has 5 heteroatoms. The Labute approximate surface area is 102 Å². The lowest BCUT2D eigenvalue weighted by Crippen LogP contribution is -2.28. The molecule has 1 aromatic heterocycles. The van der Waals surface area contributed by atoms with Gasteiger partial charge >= 0.3 is 0 Å². The molecular formula is C12H19N3O2. The molecule has 1 aromatic rings. The van der Waals surface area contributed by atoms with Gasteiger partial charge in [-0.2, -0.15) is 0 Å². The normalized spacial score (nSPS) is 19.2. The standard InChI is InChI=1S/C12H19N3O2/c1-2-6-16-11-7-12(15-9-14-11)17-8-10-4-3-5-13-10/h7,9-10,13H,2-6,8H2,1H3. The van der Waals surface area contributed by atoms with E-state index in [1.54, 1.807) is 6.07 Å². The van der Waals surface area contributed by atoms with Gasteiger partial charge in [0, 0.05) is 6.04 Å². The summed E-state index contributed by atoms with van der Waals surface area (Å²) in [5.74, 6) is 1.16. The molecule has 2 heterocycles. The summed E-state index contributed by atoms with van der Waals surface area (Å²) in [4.78, 5) is 8.10. The monoisotopic (exact) mass is 237 g/mol. The third kappa shape index (κ3) is 3.85. The number of nitrogens with zero attached hydrogens (tertiary/aromatic N) is 2. The first-order chi connectivity index (χ1) is 8.38. The summed E-state index contributed by atoms with van der Waals surface area (Å²) < 4.78 is 11.0. The molecule has 5 nitrogen and oxygen atoms in total. The fourth-order valence-corrected chi connectivity index (χ4v) is 1.77. The Morgan fingerprint density at radius 2 is 2.18 bits per heavy atom. The quantitative estimate of drug-likeness (QED) is 0.810. The van der Waals surface area contributed by atoms with E-state index in [0.717, 1.165) is 13.0 Å². The molecule has 1 N–H and O–H groups in total. The summed E-state index contributed by atoms with van der Waals surface area (Å²) in [5.41, 5.74) is 0. The van der Waals surface area contributed by atoms with Gasteiger partial charge in [0.2, 0.25) is 11.8 Å². The smallest absolute Gasteiger partial charge is 0.220 e. The molecule has 0 saturated carbocycles. The molecule has 1 fully saturated rings. The van der Waals surface area contributed by atoms with Crippen molar-refractivity contribution < 1.29 is 9.47 Å². The fraction of sp³-hybridized carbons (Fsp3) is 0.667. The molecule has 1 atom stereocenters. The zero-order chi connectivity index (χ0) is 11.9. The van der Waals surface area contributed by atoms with Crippen LogP contribution in [-0.2, 0) is 0 Å². The van der Waals surface area contributed by atoms with Crippen molar-refractivity contribution in [2.24, 2.45) is 0 Å². The molecule has 0 aromatic carbocycles. The van der Waals surface area contributed by atoms with Crippen molar-refractivity contribution in [3.8, 4) is 11.8 Å². The van der Waals surface area contributed by atoms with E-state index in [1.807, 2.05) is 0 Å². The van der Waals surface area contributed by atoms with Crippen LogP contribution in [0.25, 0.3) is 0 Å². The third-order valence-corrected chi connectivity index (χ3v) is 2.67. The molecule has 17 heavy (non-hydrogen) atoms. The highest BCUT2D eigenvalue weighted by Gasteiger charge is 2.14. The summed E-state index contributed by atoms with van der Waals surface area (Å²) in [6.45, 7) is 4.47. The van der Waals surface area contributed by atoms with Crippen molar-refractivity contribution in [1.82, 2.24) is 15.3 Å².